The van der Waals surface area contributed by atoms with E-state index < -0.39 is 6.49 Å². The molecule has 80 valence electrons. The summed E-state index contributed by atoms with van der Waals surface area (Å²) in [5.74, 6) is 0.813. The van der Waals surface area contributed by atoms with E-state index in [0.717, 1.165) is 5.84 Å². The molecule has 0 spiro atoms. The fourth-order valence-corrected chi connectivity index (χ4v) is 3.48. The van der Waals surface area contributed by atoms with Crippen molar-refractivity contribution in [2.45, 2.75) is 6.92 Å². The van der Waals surface area contributed by atoms with Crippen LogP contribution in [0.3, 0.4) is 0 Å². The molecule has 0 bridgehead atoms. The number of amidine groups is 1. The molecule has 0 aromatic heterocycles. The second kappa shape index (κ2) is 3.84. The van der Waals surface area contributed by atoms with Crippen LogP contribution in [0.4, 0.5) is 0 Å². The van der Waals surface area contributed by atoms with Gasteiger partial charge in [-0.2, -0.15) is 15.0 Å². The highest BCUT2D eigenvalue weighted by atomic mass is 32.4. The van der Waals surface area contributed by atoms with Gasteiger partial charge >= 0.3 is 0 Å². The van der Waals surface area contributed by atoms with Crippen LogP contribution >= 0.6 is 6.49 Å². The zero-order chi connectivity index (χ0) is 10.9. The molecule has 0 aromatic rings. The van der Waals surface area contributed by atoms with Gasteiger partial charge in [-0.15, -0.1) is 0 Å². The van der Waals surface area contributed by atoms with E-state index in [9.17, 15) is 0 Å². The van der Waals surface area contributed by atoms with Gasteiger partial charge in [0.15, 0.2) is 0 Å². The van der Waals surface area contributed by atoms with Crippen LogP contribution in [0.5, 0.6) is 0 Å². The fraction of sp³-hybridized carbons (Fsp3) is 0.667. The monoisotopic (exact) mass is 234 g/mol. The molecule has 6 nitrogen and oxygen atoms in total. The Kier molecular flexibility index (Phi) is 3.14. The van der Waals surface area contributed by atoms with Gasteiger partial charge in [0.05, 0.1) is 0 Å². The number of hydrazine groups is 1. The smallest absolute Gasteiger partial charge is 0.242 e. The zero-order valence-corrected chi connectivity index (χ0v) is 10.5. The first-order valence-electron chi connectivity index (χ1n) is 4.04. The van der Waals surface area contributed by atoms with Gasteiger partial charge < -0.3 is 0 Å². The minimum atomic E-state index is -2.12. The maximum absolute atomic E-state index is 5.56. The van der Waals surface area contributed by atoms with E-state index in [1.165, 1.54) is 0 Å². The maximum atomic E-state index is 5.56. The summed E-state index contributed by atoms with van der Waals surface area (Å²) in [5.41, 5.74) is 3.07. The van der Waals surface area contributed by atoms with Crippen molar-refractivity contribution in [1.29, 1.82) is 0 Å². The van der Waals surface area contributed by atoms with E-state index in [2.05, 4.69) is 22.3 Å². The highest BCUT2D eigenvalue weighted by Crippen LogP contribution is 2.54. The van der Waals surface area contributed by atoms with Crippen LogP contribution in [0.2, 0.25) is 0 Å². The topological polar surface area (TPSA) is 46.5 Å². The predicted octanol–water partition coefficient (Wildman–Crippen LogP) is 0.474. The average molecular weight is 234 g/mol. The molecule has 0 saturated heterocycles. The molecule has 0 radical (unpaired) electrons. The molecule has 0 amide bonds. The van der Waals surface area contributed by atoms with Gasteiger partial charge in [-0.05, 0) is 18.7 Å². The lowest BCUT2D eigenvalue weighted by atomic mass is 10.7. The molecule has 1 rings (SSSR count). The van der Waals surface area contributed by atoms with Gasteiger partial charge in [-0.1, -0.05) is 0 Å². The van der Waals surface area contributed by atoms with E-state index in [1.807, 2.05) is 25.8 Å². The zero-order valence-electron chi connectivity index (χ0n) is 8.80. The quantitative estimate of drug-likeness (QED) is 0.427. The molecule has 0 saturated carbocycles. The highest BCUT2D eigenvalue weighted by Gasteiger charge is 2.35. The maximum Gasteiger partial charge on any atom is 0.242 e. The molecule has 8 heteroatoms. The summed E-state index contributed by atoms with van der Waals surface area (Å²) < 4.78 is 5.30. The second-order valence-corrected chi connectivity index (χ2v) is 7.21. The predicted molar refractivity (Wildman–Crippen MR) is 63.4 cm³/mol. The van der Waals surface area contributed by atoms with E-state index in [1.54, 1.807) is 16.6 Å². The molecule has 14 heavy (non-hydrogen) atoms. The van der Waals surface area contributed by atoms with Crippen LogP contribution in [-0.4, -0.2) is 48.0 Å². The molecule has 0 fully saturated rings. The van der Waals surface area contributed by atoms with Crippen LogP contribution in [0.25, 0.3) is 0 Å². The molecular formula is C6H15N6PS. The molecule has 0 aliphatic carbocycles. The SMILES string of the molecule is C=NN(C)P1(=S)N(C)N=C(C)NN1C. The lowest BCUT2D eigenvalue weighted by Gasteiger charge is -2.44. The van der Waals surface area contributed by atoms with Crippen LogP contribution in [0.15, 0.2) is 10.2 Å². The third kappa shape index (κ3) is 1.63. The average Bonchev–Trinajstić information content (AvgIpc) is 2.12. The van der Waals surface area contributed by atoms with Crippen molar-refractivity contribution in [3.8, 4) is 0 Å². The Morgan fingerprint density at radius 3 is 2.64 bits per heavy atom. The lowest BCUT2D eigenvalue weighted by Crippen LogP contribution is -2.46. The van der Waals surface area contributed by atoms with E-state index in [0.29, 0.717) is 0 Å². The first kappa shape index (κ1) is 11.4. The molecule has 1 atom stereocenters. The summed E-state index contributed by atoms with van der Waals surface area (Å²) in [7, 11) is 5.54. The van der Waals surface area contributed by atoms with Crippen molar-refractivity contribution in [1.82, 2.24) is 19.8 Å². The van der Waals surface area contributed by atoms with Crippen molar-refractivity contribution >= 4 is 30.8 Å². The van der Waals surface area contributed by atoms with E-state index in [-0.39, 0.29) is 0 Å². The summed E-state index contributed by atoms with van der Waals surface area (Å²) in [4.78, 5) is 0. The number of nitrogens with one attached hydrogen (secondary N) is 1. The molecule has 1 unspecified atom stereocenters. The van der Waals surface area contributed by atoms with Gasteiger partial charge in [0, 0.05) is 27.9 Å². The third-order valence-electron chi connectivity index (χ3n) is 1.97. The van der Waals surface area contributed by atoms with Crippen molar-refractivity contribution < 1.29 is 0 Å². The van der Waals surface area contributed by atoms with Crippen molar-refractivity contribution in [3.63, 3.8) is 0 Å². The summed E-state index contributed by atoms with van der Waals surface area (Å²) in [6.07, 6.45) is 0. The molecule has 1 aliphatic heterocycles. The summed E-state index contributed by atoms with van der Waals surface area (Å²) in [5, 5.41) is 8.11. The van der Waals surface area contributed by atoms with Crippen molar-refractivity contribution in [2.75, 3.05) is 21.1 Å². The van der Waals surface area contributed by atoms with Crippen LogP contribution in [-0.2, 0) is 11.8 Å². The number of hydrogen-bond donors (Lipinski definition) is 1. The van der Waals surface area contributed by atoms with Gasteiger partial charge in [-0.25, -0.2) is 9.56 Å². The Morgan fingerprint density at radius 1 is 1.64 bits per heavy atom. The Bertz CT molecular complexity index is 315. The normalized spacial score (nSPS) is 28.0. The molecule has 1 heterocycles. The minimum absolute atomic E-state index is 0.813. The molecule has 0 aromatic carbocycles. The number of nitrogens with zero attached hydrogens (tertiary/aromatic N) is 5. The Labute approximate surface area is 89.4 Å². The summed E-state index contributed by atoms with van der Waals surface area (Å²) in [6, 6.07) is 0. The van der Waals surface area contributed by atoms with Crippen molar-refractivity contribution in [2.24, 2.45) is 10.2 Å². The Hall–Kier alpha value is -0.650. The number of hydrogen-bond acceptors (Lipinski definition) is 4. The fourth-order valence-electron chi connectivity index (χ4n) is 1.26. The lowest BCUT2D eigenvalue weighted by molar-refractivity contribution is 0.357. The first-order chi connectivity index (χ1) is 6.42. The molecular weight excluding hydrogens is 219 g/mol. The number of rotatable bonds is 2. The largest absolute Gasteiger partial charge is 0.299 e. The van der Waals surface area contributed by atoms with Gasteiger partial charge in [0.2, 0.25) is 6.49 Å². The Balaban J connectivity index is 3.09. The summed E-state index contributed by atoms with van der Waals surface area (Å²) in [6.45, 7) is 3.24. The van der Waals surface area contributed by atoms with E-state index >= 15 is 0 Å². The molecule has 1 N–H and O–H groups in total. The van der Waals surface area contributed by atoms with Crippen LogP contribution in [0, 0.1) is 0 Å². The highest BCUT2D eigenvalue weighted by molar-refractivity contribution is 8.11. The molecule has 1 aliphatic rings. The first-order valence-corrected chi connectivity index (χ1v) is 6.70. The van der Waals surface area contributed by atoms with Crippen molar-refractivity contribution in [3.05, 3.63) is 0 Å². The van der Waals surface area contributed by atoms with Crippen LogP contribution < -0.4 is 5.43 Å². The van der Waals surface area contributed by atoms with Gasteiger partial charge in [0.25, 0.3) is 0 Å². The standard InChI is InChI=1S/C6H15N6PS/c1-6-8-11(4)13(14,10(3)7-2)12(5)9-6/h2H2,1,3-5H3,(H,8,9). The summed E-state index contributed by atoms with van der Waals surface area (Å²) >= 11 is 5.56. The van der Waals surface area contributed by atoms with Gasteiger partial charge in [-0.3, -0.25) is 5.43 Å². The van der Waals surface area contributed by atoms with Gasteiger partial charge in [0.1, 0.15) is 5.84 Å². The van der Waals surface area contributed by atoms with Crippen LogP contribution in [0.1, 0.15) is 6.92 Å². The Morgan fingerprint density at radius 2 is 2.21 bits per heavy atom. The third-order valence-corrected chi connectivity index (χ3v) is 6.73. The number of hydrazone groups is 2. The minimum Gasteiger partial charge on any atom is -0.299 e. The van der Waals surface area contributed by atoms with E-state index in [4.69, 9.17) is 11.8 Å². The second-order valence-electron chi connectivity index (χ2n) is 2.95.